The van der Waals surface area contributed by atoms with Gasteiger partial charge in [-0.3, -0.25) is 14.7 Å². The molecular weight excluding hydrogens is 350 g/mol. The number of hydrogen-bond donors (Lipinski definition) is 1. The van der Waals surface area contributed by atoms with Gasteiger partial charge in [-0.15, -0.1) is 0 Å². The third kappa shape index (κ3) is 3.54. The second-order valence-electron chi connectivity index (χ2n) is 7.46. The molecule has 1 aliphatic rings. The fourth-order valence-corrected chi connectivity index (χ4v) is 4.40. The summed E-state index contributed by atoms with van der Waals surface area (Å²) in [7, 11) is 0. The number of benzene rings is 1. The van der Waals surface area contributed by atoms with Gasteiger partial charge in [-0.05, 0) is 57.5 Å². The molecule has 1 N–H and O–H groups in total. The van der Waals surface area contributed by atoms with Crippen LogP contribution in [0, 0.1) is 12.8 Å². The van der Waals surface area contributed by atoms with E-state index in [-0.39, 0.29) is 17.9 Å². The Hall–Kier alpha value is -2.66. The Morgan fingerprint density at radius 2 is 2.04 bits per heavy atom. The molecule has 0 aliphatic carbocycles. The van der Waals surface area contributed by atoms with Crippen molar-refractivity contribution in [3.63, 3.8) is 0 Å². The zero-order valence-electron chi connectivity index (χ0n) is 16.5. The van der Waals surface area contributed by atoms with Crippen molar-refractivity contribution in [3.05, 3.63) is 65.6 Å². The summed E-state index contributed by atoms with van der Waals surface area (Å²) in [6.07, 6.45) is 5.44. The fourth-order valence-electron chi connectivity index (χ4n) is 4.40. The number of aromatic nitrogens is 2. The summed E-state index contributed by atoms with van der Waals surface area (Å²) in [5.41, 5.74) is 4.83. The Morgan fingerprint density at radius 3 is 2.75 bits per heavy atom. The monoisotopic (exact) mass is 377 g/mol. The average Bonchev–Trinajstić information content (AvgIpc) is 3.06. The number of fused-ring (bicyclic) bond motifs is 1. The lowest BCUT2D eigenvalue weighted by Gasteiger charge is -2.37. The molecule has 3 heterocycles. The zero-order valence-corrected chi connectivity index (χ0v) is 16.5. The molecule has 2 aromatic heterocycles. The lowest BCUT2D eigenvalue weighted by molar-refractivity contribution is -0.149. The molecule has 3 aromatic rings. The summed E-state index contributed by atoms with van der Waals surface area (Å²) >= 11 is 0. The molecule has 0 amide bonds. The smallest absolute Gasteiger partial charge is 0.309 e. The van der Waals surface area contributed by atoms with Crippen LogP contribution < -0.4 is 0 Å². The number of pyridine rings is 1. The van der Waals surface area contributed by atoms with Crippen molar-refractivity contribution in [2.45, 2.75) is 32.7 Å². The van der Waals surface area contributed by atoms with Crippen LogP contribution in [0.1, 0.15) is 42.6 Å². The summed E-state index contributed by atoms with van der Waals surface area (Å²) in [4.78, 5) is 22.5. The number of rotatable bonds is 5. The summed E-state index contributed by atoms with van der Waals surface area (Å²) < 4.78 is 5.24. The molecule has 146 valence electrons. The van der Waals surface area contributed by atoms with Crippen LogP contribution in [-0.2, 0) is 9.53 Å². The van der Waals surface area contributed by atoms with Crippen LogP contribution in [0.4, 0.5) is 0 Å². The zero-order chi connectivity index (χ0) is 19.5. The number of nitrogens with zero attached hydrogens (tertiary/aromatic N) is 2. The molecule has 1 saturated heterocycles. The average molecular weight is 377 g/mol. The molecule has 1 fully saturated rings. The summed E-state index contributed by atoms with van der Waals surface area (Å²) in [6, 6.07) is 12.7. The maximum Gasteiger partial charge on any atom is 0.309 e. The minimum atomic E-state index is -0.0525. The van der Waals surface area contributed by atoms with Crippen LogP contribution in [0.25, 0.3) is 10.9 Å². The lowest BCUT2D eigenvalue weighted by atomic mass is 9.90. The molecule has 5 nitrogen and oxygen atoms in total. The maximum atomic E-state index is 12.1. The van der Waals surface area contributed by atoms with Crippen LogP contribution in [0.15, 0.2) is 48.8 Å². The maximum absolute atomic E-state index is 12.1. The second kappa shape index (κ2) is 8.15. The van der Waals surface area contributed by atoms with E-state index in [1.165, 1.54) is 22.2 Å². The van der Waals surface area contributed by atoms with Crippen molar-refractivity contribution < 1.29 is 9.53 Å². The van der Waals surface area contributed by atoms with E-state index in [0.717, 1.165) is 31.4 Å². The van der Waals surface area contributed by atoms with Gasteiger partial charge in [0.1, 0.15) is 0 Å². The van der Waals surface area contributed by atoms with Gasteiger partial charge in [0.2, 0.25) is 0 Å². The molecule has 1 aromatic carbocycles. The summed E-state index contributed by atoms with van der Waals surface area (Å²) in [6.45, 7) is 6.19. The van der Waals surface area contributed by atoms with Gasteiger partial charge in [-0.1, -0.05) is 24.3 Å². The number of ether oxygens (including phenoxy) is 1. The number of H-pyrrole nitrogens is 1. The minimum absolute atomic E-state index is 0.00909. The predicted octanol–water partition coefficient (Wildman–Crippen LogP) is 4.24. The first-order valence-electron chi connectivity index (χ1n) is 10.1. The molecule has 1 atom stereocenters. The molecule has 0 saturated carbocycles. The summed E-state index contributed by atoms with van der Waals surface area (Å²) in [5.74, 6) is -0.0434. The standard InChI is InChI=1S/C23H27N3O2/c1-3-28-23(27)17-10-13-26(14-11-17)22(18-7-6-12-24-15-18)21-16(2)25-20-9-5-4-8-19(20)21/h4-9,12,15,17,22,25H,3,10-11,13-14H2,1-2H3/t22-/m0/s1. The number of carbonyl (C=O) groups is 1. The Bertz CT molecular complexity index is 943. The quantitative estimate of drug-likeness (QED) is 0.676. The molecule has 1 aliphatic heterocycles. The third-order valence-electron chi connectivity index (χ3n) is 5.73. The van der Waals surface area contributed by atoms with Gasteiger partial charge in [0.15, 0.2) is 0 Å². The molecule has 0 bridgehead atoms. The molecule has 5 heteroatoms. The topological polar surface area (TPSA) is 58.2 Å². The molecule has 4 rings (SSSR count). The highest BCUT2D eigenvalue weighted by atomic mass is 16.5. The van der Waals surface area contributed by atoms with Gasteiger partial charge in [-0.25, -0.2) is 0 Å². The highest BCUT2D eigenvalue weighted by Gasteiger charge is 2.32. The van der Waals surface area contributed by atoms with Crippen molar-refractivity contribution in [1.29, 1.82) is 0 Å². The fraction of sp³-hybridized carbons (Fsp3) is 0.391. The summed E-state index contributed by atoms with van der Waals surface area (Å²) in [5, 5.41) is 1.25. The van der Waals surface area contributed by atoms with Gasteiger partial charge in [-0.2, -0.15) is 0 Å². The number of carbonyl (C=O) groups excluding carboxylic acids is 1. The number of esters is 1. The van der Waals surface area contributed by atoms with Crippen molar-refractivity contribution in [2.24, 2.45) is 5.92 Å². The van der Waals surface area contributed by atoms with Gasteiger partial charge in [0, 0.05) is 34.6 Å². The van der Waals surface area contributed by atoms with E-state index in [4.69, 9.17) is 4.74 Å². The number of aryl methyl sites for hydroxylation is 1. The Balaban J connectivity index is 1.68. The normalized spacial score (nSPS) is 16.9. The number of aromatic amines is 1. The van der Waals surface area contributed by atoms with Gasteiger partial charge >= 0.3 is 5.97 Å². The highest BCUT2D eigenvalue weighted by molar-refractivity contribution is 5.85. The number of hydrogen-bond acceptors (Lipinski definition) is 4. The van der Waals surface area contributed by atoms with E-state index in [9.17, 15) is 4.79 Å². The van der Waals surface area contributed by atoms with E-state index in [2.05, 4.69) is 52.1 Å². The Kier molecular flexibility index (Phi) is 5.44. The van der Waals surface area contributed by atoms with Crippen LogP contribution in [0.3, 0.4) is 0 Å². The van der Waals surface area contributed by atoms with E-state index >= 15 is 0 Å². The molecule has 28 heavy (non-hydrogen) atoms. The molecule has 0 radical (unpaired) electrons. The van der Waals surface area contributed by atoms with Gasteiger partial charge in [0.25, 0.3) is 0 Å². The van der Waals surface area contributed by atoms with E-state index < -0.39 is 0 Å². The van der Waals surface area contributed by atoms with Crippen LogP contribution in [0.2, 0.25) is 0 Å². The van der Waals surface area contributed by atoms with Crippen LogP contribution in [0.5, 0.6) is 0 Å². The van der Waals surface area contributed by atoms with E-state index in [0.29, 0.717) is 6.61 Å². The first kappa shape index (κ1) is 18.7. The number of likely N-dealkylation sites (tertiary alicyclic amines) is 1. The van der Waals surface area contributed by atoms with Gasteiger partial charge < -0.3 is 9.72 Å². The molecule has 0 unspecified atom stereocenters. The number of para-hydroxylation sites is 1. The number of nitrogens with one attached hydrogen (secondary N) is 1. The first-order valence-corrected chi connectivity index (χ1v) is 10.1. The van der Waals surface area contributed by atoms with Crippen molar-refractivity contribution in [1.82, 2.24) is 14.9 Å². The van der Waals surface area contributed by atoms with Gasteiger partial charge in [0.05, 0.1) is 18.6 Å². The largest absolute Gasteiger partial charge is 0.466 e. The third-order valence-corrected chi connectivity index (χ3v) is 5.73. The highest BCUT2D eigenvalue weighted by Crippen LogP contribution is 2.38. The van der Waals surface area contributed by atoms with Crippen LogP contribution in [-0.4, -0.2) is 40.5 Å². The minimum Gasteiger partial charge on any atom is -0.466 e. The van der Waals surface area contributed by atoms with Crippen LogP contribution >= 0.6 is 0 Å². The first-order chi connectivity index (χ1) is 13.7. The SMILES string of the molecule is CCOC(=O)C1CCN([C@@H](c2cccnc2)c2c(C)[nH]c3ccccc23)CC1. The molecular formula is C23H27N3O2. The van der Waals surface area contributed by atoms with E-state index in [1.54, 1.807) is 0 Å². The van der Waals surface area contributed by atoms with Crippen molar-refractivity contribution in [3.8, 4) is 0 Å². The van der Waals surface area contributed by atoms with E-state index in [1.807, 2.05) is 25.4 Å². The van der Waals surface area contributed by atoms with Crippen molar-refractivity contribution in [2.75, 3.05) is 19.7 Å². The van der Waals surface area contributed by atoms with Crippen molar-refractivity contribution >= 4 is 16.9 Å². The lowest BCUT2D eigenvalue weighted by Crippen LogP contribution is -2.39. The Labute approximate surface area is 165 Å². The predicted molar refractivity (Wildman–Crippen MR) is 110 cm³/mol. The number of piperidine rings is 1. The second-order valence-corrected chi connectivity index (χ2v) is 7.46. The molecule has 0 spiro atoms. The Morgan fingerprint density at radius 1 is 1.25 bits per heavy atom.